The highest BCUT2D eigenvalue weighted by Gasteiger charge is 2.72. The highest BCUT2D eigenvalue weighted by atomic mass is 19.4. The van der Waals surface area contributed by atoms with Crippen molar-refractivity contribution in [1.82, 2.24) is 0 Å². The van der Waals surface area contributed by atoms with E-state index in [1.165, 1.54) is 6.92 Å². The molecule has 0 saturated heterocycles. The van der Waals surface area contributed by atoms with E-state index in [-0.39, 0.29) is 5.57 Å². The fourth-order valence-electron chi connectivity index (χ4n) is 3.52. The SMILES string of the molecule is C=CC1=C(F)C(F)=C(Oc2ccc(C(/C(C)=C/C)(C(F)(F)F)C(F)(F)F)cc2)CC(F)=C1C. The van der Waals surface area contributed by atoms with Crippen LogP contribution in [0.25, 0.3) is 0 Å². The zero-order valence-corrected chi connectivity index (χ0v) is 17.7. The molecule has 2 rings (SSSR count). The zero-order valence-electron chi connectivity index (χ0n) is 17.7. The lowest BCUT2D eigenvalue weighted by Gasteiger charge is -2.38. The van der Waals surface area contributed by atoms with Crippen molar-refractivity contribution >= 4 is 0 Å². The van der Waals surface area contributed by atoms with Crippen molar-refractivity contribution in [3.8, 4) is 5.75 Å². The summed E-state index contributed by atoms with van der Waals surface area (Å²) in [4.78, 5) is 0. The van der Waals surface area contributed by atoms with E-state index in [9.17, 15) is 39.5 Å². The molecule has 1 aromatic rings. The van der Waals surface area contributed by atoms with Crippen molar-refractivity contribution in [3.05, 3.63) is 88.5 Å². The van der Waals surface area contributed by atoms with Crippen molar-refractivity contribution in [2.75, 3.05) is 0 Å². The van der Waals surface area contributed by atoms with Crippen LogP contribution in [0.3, 0.4) is 0 Å². The normalized spacial score (nSPS) is 16.9. The Morgan fingerprint density at radius 1 is 0.939 bits per heavy atom. The lowest BCUT2D eigenvalue weighted by atomic mass is 9.73. The Hall–Kier alpha value is -2.91. The van der Waals surface area contributed by atoms with Crippen molar-refractivity contribution < 1.29 is 44.3 Å². The molecule has 1 nitrogen and oxygen atoms in total. The Morgan fingerprint density at radius 3 is 1.88 bits per heavy atom. The quantitative estimate of drug-likeness (QED) is 0.302. The van der Waals surface area contributed by atoms with Crippen LogP contribution in [0.4, 0.5) is 39.5 Å². The van der Waals surface area contributed by atoms with Gasteiger partial charge in [-0.25, -0.2) is 8.78 Å². The van der Waals surface area contributed by atoms with E-state index >= 15 is 0 Å². The van der Waals surface area contributed by atoms with E-state index in [1.54, 1.807) is 0 Å². The first-order valence-electron chi connectivity index (χ1n) is 9.45. The molecule has 0 atom stereocenters. The van der Waals surface area contributed by atoms with Crippen LogP contribution in [0.5, 0.6) is 5.75 Å². The Morgan fingerprint density at radius 2 is 1.45 bits per heavy atom. The monoisotopic (exact) mass is 482 g/mol. The van der Waals surface area contributed by atoms with Gasteiger partial charge in [0.15, 0.2) is 11.7 Å². The van der Waals surface area contributed by atoms with Crippen LogP contribution in [-0.4, -0.2) is 12.4 Å². The fourth-order valence-corrected chi connectivity index (χ4v) is 3.52. The zero-order chi connectivity index (χ0) is 25.4. The van der Waals surface area contributed by atoms with Crippen LogP contribution in [-0.2, 0) is 5.41 Å². The van der Waals surface area contributed by atoms with Crippen LogP contribution in [0.15, 0.2) is 83.0 Å². The van der Waals surface area contributed by atoms with Gasteiger partial charge in [0.2, 0.25) is 5.41 Å². The summed E-state index contributed by atoms with van der Waals surface area (Å²) in [7, 11) is 0. The smallest absolute Gasteiger partial charge is 0.410 e. The fraction of sp³-hybridized carbons (Fsp3) is 0.304. The molecule has 180 valence electrons. The molecule has 0 bridgehead atoms. The molecular weight excluding hydrogens is 463 g/mol. The van der Waals surface area contributed by atoms with Crippen molar-refractivity contribution in [2.45, 2.75) is 45.0 Å². The predicted molar refractivity (Wildman–Crippen MR) is 105 cm³/mol. The second-order valence-electron chi connectivity index (χ2n) is 7.22. The lowest BCUT2D eigenvalue weighted by molar-refractivity contribution is -0.289. The Bertz CT molecular complexity index is 1030. The van der Waals surface area contributed by atoms with Gasteiger partial charge in [-0.2, -0.15) is 30.7 Å². The maximum Gasteiger partial charge on any atom is 0.410 e. The third kappa shape index (κ3) is 4.47. The number of allylic oxidation sites excluding steroid dienone is 8. The molecular formula is C23H19F9O. The molecule has 0 N–H and O–H groups in total. The summed E-state index contributed by atoms with van der Waals surface area (Å²) in [5, 5.41) is 0. The van der Waals surface area contributed by atoms with Crippen LogP contribution >= 0.6 is 0 Å². The average Bonchev–Trinajstić information content (AvgIpc) is 2.78. The summed E-state index contributed by atoms with van der Waals surface area (Å²) < 4.78 is 131. The Balaban J connectivity index is 2.58. The van der Waals surface area contributed by atoms with Crippen molar-refractivity contribution in [1.29, 1.82) is 0 Å². The van der Waals surface area contributed by atoms with Gasteiger partial charge >= 0.3 is 12.4 Å². The van der Waals surface area contributed by atoms with E-state index < -0.39 is 69.9 Å². The minimum Gasteiger partial charge on any atom is -0.458 e. The molecule has 0 unspecified atom stereocenters. The molecule has 0 aromatic heterocycles. The van der Waals surface area contributed by atoms with Gasteiger partial charge in [0.05, 0.1) is 6.42 Å². The third-order valence-corrected chi connectivity index (χ3v) is 5.41. The minimum absolute atomic E-state index is 0.228. The third-order valence-electron chi connectivity index (χ3n) is 5.41. The second-order valence-corrected chi connectivity index (χ2v) is 7.22. The number of hydrogen-bond acceptors (Lipinski definition) is 1. The molecule has 0 radical (unpaired) electrons. The number of alkyl halides is 6. The van der Waals surface area contributed by atoms with Crippen molar-refractivity contribution in [2.24, 2.45) is 0 Å². The molecule has 0 saturated carbocycles. The Kier molecular flexibility index (Phi) is 7.30. The molecule has 0 amide bonds. The molecule has 0 fully saturated rings. The maximum absolute atomic E-state index is 14.5. The van der Waals surface area contributed by atoms with Crippen LogP contribution in [0.1, 0.15) is 32.8 Å². The summed E-state index contributed by atoms with van der Waals surface area (Å²) in [5.41, 5.74) is -7.11. The standard InChI is InChI=1S/C23H19F9O/c1-5-12(3)21(22(27,28)29,23(30,31)32)14-7-9-15(10-8-14)33-18-11-17(24)13(4)16(6-2)19(25)20(18)26/h5-10H,2,11H2,1,3-4H3/b12-5+. The first kappa shape index (κ1) is 26.3. The topological polar surface area (TPSA) is 9.23 Å². The molecule has 1 aliphatic rings. The minimum atomic E-state index is -5.74. The number of benzene rings is 1. The van der Waals surface area contributed by atoms with E-state index in [1.807, 2.05) is 0 Å². The number of ether oxygens (including phenoxy) is 1. The largest absolute Gasteiger partial charge is 0.458 e. The predicted octanol–water partition coefficient (Wildman–Crippen LogP) is 8.63. The molecule has 1 aromatic carbocycles. The van der Waals surface area contributed by atoms with Gasteiger partial charge in [0.25, 0.3) is 0 Å². The molecule has 0 spiro atoms. The summed E-state index contributed by atoms with van der Waals surface area (Å²) in [6, 6.07) is 2.52. The first-order chi connectivity index (χ1) is 15.1. The average molecular weight is 482 g/mol. The van der Waals surface area contributed by atoms with E-state index in [2.05, 4.69) is 6.58 Å². The van der Waals surface area contributed by atoms with Crippen molar-refractivity contribution in [3.63, 3.8) is 0 Å². The molecule has 1 aliphatic carbocycles. The van der Waals surface area contributed by atoms with E-state index in [0.29, 0.717) is 25.1 Å². The first-order valence-corrected chi connectivity index (χ1v) is 9.45. The van der Waals surface area contributed by atoms with Gasteiger partial charge in [-0.15, -0.1) is 0 Å². The lowest BCUT2D eigenvalue weighted by Crippen LogP contribution is -2.54. The van der Waals surface area contributed by atoms with Gasteiger partial charge in [-0.3, -0.25) is 0 Å². The van der Waals surface area contributed by atoms with Crippen LogP contribution in [0, 0.1) is 0 Å². The van der Waals surface area contributed by atoms with Gasteiger partial charge in [-0.1, -0.05) is 30.9 Å². The molecule has 33 heavy (non-hydrogen) atoms. The van der Waals surface area contributed by atoms with Gasteiger partial charge in [0, 0.05) is 5.57 Å². The number of hydrogen-bond donors (Lipinski definition) is 0. The summed E-state index contributed by atoms with van der Waals surface area (Å²) in [6.07, 6.45) is -10.7. The number of rotatable bonds is 5. The van der Waals surface area contributed by atoms with E-state index in [4.69, 9.17) is 4.74 Å². The summed E-state index contributed by atoms with van der Waals surface area (Å²) in [6.45, 7) is 6.22. The summed E-state index contributed by atoms with van der Waals surface area (Å²) >= 11 is 0. The second kappa shape index (κ2) is 9.15. The summed E-state index contributed by atoms with van der Waals surface area (Å²) in [5.74, 6) is -5.22. The van der Waals surface area contributed by atoms with Gasteiger partial charge in [0.1, 0.15) is 17.3 Å². The highest BCUT2D eigenvalue weighted by molar-refractivity contribution is 5.50. The highest BCUT2D eigenvalue weighted by Crippen LogP contribution is 2.56. The van der Waals surface area contributed by atoms with Gasteiger partial charge < -0.3 is 4.74 Å². The number of halogens is 9. The molecule has 10 heteroatoms. The Labute approximate surface area is 184 Å². The molecule has 0 heterocycles. The van der Waals surface area contributed by atoms with Crippen LogP contribution in [0.2, 0.25) is 0 Å². The van der Waals surface area contributed by atoms with Gasteiger partial charge in [-0.05, 0) is 49.6 Å². The van der Waals surface area contributed by atoms with Crippen LogP contribution < -0.4 is 4.74 Å². The maximum atomic E-state index is 14.5. The molecule has 0 aliphatic heterocycles. The van der Waals surface area contributed by atoms with E-state index in [0.717, 1.165) is 25.1 Å².